The summed E-state index contributed by atoms with van der Waals surface area (Å²) in [6.45, 7) is 4.19. The van der Waals surface area contributed by atoms with Gasteiger partial charge in [-0.1, -0.05) is 0 Å². The molecule has 0 saturated heterocycles. The third-order valence-electron chi connectivity index (χ3n) is 2.49. The van der Waals surface area contributed by atoms with Gasteiger partial charge in [0.1, 0.15) is 6.04 Å². The average molecular weight is 314 g/mol. The number of nitrogens with zero attached hydrogens (tertiary/aromatic N) is 1. The van der Waals surface area contributed by atoms with Crippen LogP contribution in [0.5, 0.6) is 0 Å². The molecule has 21 heavy (non-hydrogen) atoms. The number of carbonyl (C=O) groups is 3. The number of carbonyl (C=O) groups excluding carboxylic acids is 2. The second-order valence-corrected chi connectivity index (χ2v) is 5.14. The van der Waals surface area contributed by atoms with Crippen LogP contribution in [0.3, 0.4) is 0 Å². The topological polar surface area (TPSA) is 120 Å². The van der Waals surface area contributed by atoms with E-state index in [4.69, 9.17) is 5.11 Å². The zero-order valence-corrected chi connectivity index (χ0v) is 12.6. The Balaban J connectivity index is 2.29. The van der Waals surface area contributed by atoms with Gasteiger partial charge in [-0.25, -0.2) is 14.6 Å². The van der Waals surface area contributed by atoms with Crippen molar-refractivity contribution in [3.63, 3.8) is 0 Å². The van der Waals surface area contributed by atoms with Crippen molar-refractivity contribution in [3.8, 4) is 0 Å². The third-order valence-corrected chi connectivity index (χ3v) is 3.40. The molecule has 1 aromatic rings. The number of rotatable bonds is 7. The molecule has 1 aromatic heterocycles. The van der Waals surface area contributed by atoms with Gasteiger partial charge in [-0.3, -0.25) is 4.79 Å². The van der Waals surface area contributed by atoms with Gasteiger partial charge in [0.25, 0.3) is 0 Å². The van der Waals surface area contributed by atoms with Gasteiger partial charge in [0.15, 0.2) is 5.69 Å². The lowest BCUT2D eigenvalue weighted by Crippen LogP contribution is -2.48. The van der Waals surface area contributed by atoms with Crippen LogP contribution in [0.25, 0.3) is 0 Å². The van der Waals surface area contributed by atoms with Gasteiger partial charge >= 0.3 is 12.0 Å². The smallest absolute Gasteiger partial charge is 0.355 e. The maximum atomic E-state index is 11.6. The van der Waals surface area contributed by atoms with E-state index in [-0.39, 0.29) is 11.6 Å². The van der Waals surface area contributed by atoms with Crippen LogP contribution in [0.2, 0.25) is 0 Å². The lowest BCUT2D eigenvalue weighted by molar-refractivity contribution is -0.122. The molecule has 1 atom stereocenters. The van der Waals surface area contributed by atoms with Crippen molar-refractivity contribution < 1.29 is 19.5 Å². The normalized spacial score (nSPS) is 11.5. The Morgan fingerprint density at radius 1 is 1.38 bits per heavy atom. The van der Waals surface area contributed by atoms with Crippen molar-refractivity contribution in [1.82, 2.24) is 20.9 Å². The second-order valence-electron chi connectivity index (χ2n) is 4.20. The first-order chi connectivity index (χ1) is 9.93. The van der Waals surface area contributed by atoms with Gasteiger partial charge < -0.3 is 21.1 Å². The molecule has 1 unspecified atom stereocenters. The minimum absolute atomic E-state index is 0.00399. The number of amides is 3. The highest BCUT2D eigenvalue weighted by Gasteiger charge is 2.14. The van der Waals surface area contributed by atoms with Crippen LogP contribution in [0.1, 0.15) is 29.3 Å². The highest BCUT2D eigenvalue weighted by atomic mass is 32.1. The molecule has 0 saturated carbocycles. The molecule has 0 aliphatic rings. The highest BCUT2D eigenvalue weighted by Crippen LogP contribution is 2.09. The summed E-state index contributed by atoms with van der Waals surface area (Å²) in [5, 5.41) is 18.5. The molecule has 0 aromatic carbocycles. The second kappa shape index (κ2) is 8.20. The SMILES string of the molecule is CCNC(=O)C(C)NC(=O)NCCc1nc(C(=O)O)cs1. The molecular formula is C12H18N4O4S. The van der Waals surface area contributed by atoms with Crippen molar-refractivity contribution in [2.75, 3.05) is 13.1 Å². The summed E-state index contributed by atoms with van der Waals surface area (Å²) in [5.74, 6) is -1.32. The van der Waals surface area contributed by atoms with Gasteiger partial charge in [-0.05, 0) is 13.8 Å². The maximum absolute atomic E-state index is 11.6. The zero-order valence-electron chi connectivity index (χ0n) is 11.8. The summed E-state index contributed by atoms with van der Waals surface area (Å²) in [4.78, 5) is 37.5. The average Bonchev–Trinajstić information content (AvgIpc) is 2.88. The summed E-state index contributed by atoms with van der Waals surface area (Å²) in [6.07, 6.45) is 0.431. The largest absolute Gasteiger partial charge is 0.476 e. The molecule has 0 aliphatic heterocycles. The predicted molar refractivity (Wildman–Crippen MR) is 77.5 cm³/mol. The first-order valence-corrected chi connectivity index (χ1v) is 7.31. The molecule has 9 heteroatoms. The Kier molecular flexibility index (Phi) is 6.60. The Morgan fingerprint density at radius 3 is 2.67 bits per heavy atom. The molecule has 116 valence electrons. The number of thiazole rings is 1. The molecule has 0 bridgehead atoms. The minimum atomic E-state index is -1.07. The Bertz CT molecular complexity index is 517. The van der Waals surface area contributed by atoms with Crippen LogP contribution in [0.15, 0.2) is 5.38 Å². The van der Waals surface area contributed by atoms with Crippen LogP contribution in [-0.4, -0.2) is 47.1 Å². The Hall–Kier alpha value is -2.16. The minimum Gasteiger partial charge on any atom is -0.476 e. The van der Waals surface area contributed by atoms with Gasteiger partial charge in [-0.2, -0.15) is 0 Å². The van der Waals surface area contributed by atoms with Crippen LogP contribution in [0.4, 0.5) is 4.79 Å². The molecular weight excluding hydrogens is 296 g/mol. The summed E-state index contributed by atoms with van der Waals surface area (Å²) in [5.41, 5.74) is 0.00399. The van der Waals surface area contributed by atoms with Gasteiger partial charge in [0.05, 0.1) is 5.01 Å². The van der Waals surface area contributed by atoms with E-state index in [2.05, 4.69) is 20.9 Å². The molecule has 3 amide bonds. The molecule has 4 N–H and O–H groups in total. The fraction of sp³-hybridized carbons (Fsp3) is 0.500. The number of aromatic nitrogens is 1. The molecule has 0 radical (unpaired) electrons. The fourth-order valence-electron chi connectivity index (χ4n) is 1.45. The van der Waals surface area contributed by atoms with E-state index in [0.29, 0.717) is 24.5 Å². The van der Waals surface area contributed by atoms with E-state index in [1.165, 1.54) is 16.7 Å². The van der Waals surface area contributed by atoms with Crippen molar-refractivity contribution in [2.45, 2.75) is 26.3 Å². The Morgan fingerprint density at radius 2 is 2.10 bits per heavy atom. The predicted octanol–water partition coefficient (Wildman–Crippen LogP) is 0.208. The first kappa shape index (κ1) is 16.9. The molecule has 8 nitrogen and oxygen atoms in total. The van der Waals surface area contributed by atoms with Gasteiger partial charge in [-0.15, -0.1) is 11.3 Å². The number of nitrogens with one attached hydrogen (secondary N) is 3. The Labute approximate surface area is 126 Å². The standard InChI is InChI=1S/C12H18N4O4S/c1-3-13-10(17)7(2)15-12(20)14-5-4-9-16-8(6-21-9)11(18)19/h6-7H,3-5H2,1-2H3,(H,13,17)(H,18,19)(H2,14,15,20). The van der Waals surface area contributed by atoms with E-state index in [1.807, 2.05) is 0 Å². The fourth-order valence-corrected chi connectivity index (χ4v) is 2.22. The number of carboxylic acid groups (broad SMARTS) is 1. The number of hydrogen-bond acceptors (Lipinski definition) is 5. The number of aromatic carboxylic acids is 1. The molecule has 0 aliphatic carbocycles. The number of urea groups is 1. The monoisotopic (exact) mass is 314 g/mol. The van der Waals surface area contributed by atoms with Gasteiger partial charge in [0.2, 0.25) is 5.91 Å². The van der Waals surface area contributed by atoms with E-state index < -0.39 is 18.0 Å². The number of carboxylic acids is 1. The van der Waals surface area contributed by atoms with Gasteiger partial charge in [0, 0.05) is 24.9 Å². The van der Waals surface area contributed by atoms with Crippen LogP contribution < -0.4 is 16.0 Å². The van der Waals surface area contributed by atoms with Crippen molar-refractivity contribution in [1.29, 1.82) is 0 Å². The van der Waals surface area contributed by atoms with E-state index >= 15 is 0 Å². The van der Waals surface area contributed by atoms with E-state index in [1.54, 1.807) is 13.8 Å². The molecule has 0 spiro atoms. The van der Waals surface area contributed by atoms with Crippen LogP contribution in [-0.2, 0) is 11.2 Å². The van der Waals surface area contributed by atoms with Crippen LogP contribution in [0, 0.1) is 0 Å². The highest BCUT2D eigenvalue weighted by molar-refractivity contribution is 7.09. The van der Waals surface area contributed by atoms with Crippen molar-refractivity contribution in [2.24, 2.45) is 0 Å². The van der Waals surface area contributed by atoms with E-state index in [0.717, 1.165) is 0 Å². The maximum Gasteiger partial charge on any atom is 0.355 e. The summed E-state index contributed by atoms with van der Waals surface area (Å²) < 4.78 is 0. The quantitative estimate of drug-likeness (QED) is 0.573. The molecule has 1 heterocycles. The number of likely N-dealkylation sites (N-methyl/N-ethyl adjacent to an activating group) is 1. The third kappa shape index (κ3) is 5.78. The summed E-state index contributed by atoms with van der Waals surface area (Å²) in [6, 6.07) is -1.08. The number of hydrogen-bond donors (Lipinski definition) is 4. The first-order valence-electron chi connectivity index (χ1n) is 6.43. The lowest BCUT2D eigenvalue weighted by Gasteiger charge is -2.13. The molecule has 1 rings (SSSR count). The summed E-state index contributed by atoms with van der Waals surface area (Å²) >= 11 is 1.23. The van der Waals surface area contributed by atoms with Crippen LogP contribution >= 0.6 is 11.3 Å². The molecule has 0 fully saturated rings. The summed E-state index contributed by atoms with van der Waals surface area (Å²) in [7, 11) is 0. The zero-order chi connectivity index (χ0) is 15.8. The lowest BCUT2D eigenvalue weighted by atomic mass is 10.3. The van der Waals surface area contributed by atoms with Crippen molar-refractivity contribution in [3.05, 3.63) is 16.1 Å². The van der Waals surface area contributed by atoms with E-state index in [9.17, 15) is 14.4 Å². The van der Waals surface area contributed by atoms with Crippen molar-refractivity contribution >= 4 is 29.2 Å².